The fourth-order valence-corrected chi connectivity index (χ4v) is 4.91. The molecule has 0 bridgehead atoms. The number of benzene rings is 1. The van der Waals surface area contributed by atoms with Crippen LogP contribution in [-0.4, -0.2) is 24.7 Å². The highest BCUT2D eigenvalue weighted by atomic mass is 16.5. The maximum absolute atomic E-state index is 12.9. The lowest BCUT2D eigenvalue weighted by Gasteiger charge is -2.33. The van der Waals surface area contributed by atoms with Gasteiger partial charge < -0.3 is 19.2 Å². The van der Waals surface area contributed by atoms with Crippen LogP contribution in [0.15, 0.2) is 15.3 Å². The minimum atomic E-state index is -0.457. The van der Waals surface area contributed by atoms with Crippen LogP contribution in [0.1, 0.15) is 75.5 Å². The number of ether oxygens (including phenoxy) is 2. The molecule has 1 aromatic heterocycles. The van der Waals surface area contributed by atoms with Gasteiger partial charge in [0.05, 0.1) is 24.5 Å². The summed E-state index contributed by atoms with van der Waals surface area (Å²) in [6, 6.07) is 2.07. The van der Waals surface area contributed by atoms with Gasteiger partial charge in [0.1, 0.15) is 22.7 Å². The summed E-state index contributed by atoms with van der Waals surface area (Å²) in [5.74, 6) is 1.17. The van der Waals surface area contributed by atoms with Gasteiger partial charge in [-0.15, -0.1) is 0 Å². The van der Waals surface area contributed by atoms with E-state index in [9.17, 15) is 9.59 Å². The Balaban J connectivity index is 1.69. The van der Waals surface area contributed by atoms with E-state index in [0.29, 0.717) is 22.6 Å². The first kappa shape index (κ1) is 21.7. The first-order valence-electron chi connectivity index (χ1n) is 11.4. The Bertz CT molecular complexity index is 1040. The molecule has 0 saturated heterocycles. The molecular formula is C25H33NO5. The number of hydrogen-bond acceptors (Lipinski definition) is 5. The van der Waals surface area contributed by atoms with Crippen LogP contribution in [0, 0.1) is 6.92 Å². The Morgan fingerprint density at radius 3 is 2.61 bits per heavy atom. The van der Waals surface area contributed by atoms with Crippen LogP contribution in [-0.2, 0) is 17.6 Å². The molecule has 1 saturated carbocycles. The molecule has 4 rings (SSSR count). The van der Waals surface area contributed by atoms with Gasteiger partial charge >= 0.3 is 5.63 Å². The number of amides is 1. The van der Waals surface area contributed by atoms with E-state index in [0.717, 1.165) is 55.0 Å². The summed E-state index contributed by atoms with van der Waals surface area (Å²) in [5.41, 5.74) is 1.81. The fraction of sp³-hybridized carbons (Fsp3) is 0.600. The highest BCUT2D eigenvalue weighted by molar-refractivity contribution is 5.93. The van der Waals surface area contributed by atoms with Crippen molar-refractivity contribution in [2.45, 2.75) is 90.2 Å². The van der Waals surface area contributed by atoms with Gasteiger partial charge in [0, 0.05) is 17.7 Å². The molecule has 1 aliphatic heterocycles. The van der Waals surface area contributed by atoms with Crippen molar-refractivity contribution in [3.05, 3.63) is 33.2 Å². The van der Waals surface area contributed by atoms with Crippen LogP contribution in [0.4, 0.5) is 0 Å². The van der Waals surface area contributed by atoms with E-state index in [1.165, 1.54) is 12.8 Å². The second-order valence-corrected chi connectivity index (χ2v) is 9.55. The van der Waals surface area contributed by atoms with Crippen LogP contribution in [0.2, 0.25) is 0 Å². The van der Waals surface area contributed by atoms with E-state index >= 15 is 0 Å². The minimum Gasteiger partial charge on any atom is -0.496 e. The van der Waals surface area contributed by atoms with E-state index in [1.807, 2.05) is 26.8 Å². The van der Waals surface area contributed by atoms with E-state index in [2.05, 4.69) is 5.32 Å². The van der Waals surface area contributed by atoms with Crippen LogP contribution >= 0.6 is 0 Å². The Labute approximate surface area is 183 Å². The lowest BCUT2D eigenvalue weighted by atomic mass is 9.91. The van der Waals surface area contributed by atoms with Gasteiger partial charge in [-0.3, -0.25) is 4.79 Å². The largest absolute Gasteiger partial charge is 0.496 e. The SMILES string of the molecule is COc1cc2c(c3oc(=O)c(CC(=O)NC4CCCCCC4)c(C)c13)CCC(C)(C)O2. The Hall–Kier alpha value is -2.50. The molecule has 0 spiro atoms. The maximum atomic E-state index is 12.9. The first-order valence-corrected chi connectivity index (χ1v) is 11.4. The summed E-state index contributed by atoms with van der Waals surface area (Å²) in [4.78, 5) is 25.7. The van der Waals surface area contributed by atoms with Gasteiger partial charge in [-0.25, -0.2) is 4.79 Å². The molecule has 6 nitrogen and oxygen atoms in total. The van der Waals surface area contributed by atoms with Gasteiger partial charge in [-0.1, -0.05) is 25.7 Å². The second kappa shape index (κ2) is 8.56. The molecule has 1 fully saturated rings. The van der Waals surface area contributed by atoms with Crippen molar-refractivity contribution in [3.8, 4) is 11.5 Å². The topological polar surface area (TPSA) is 77.8 Å². The number of rotatable bonds is 4. The zero-order valence-corrected chi connectivity index (χ0v) is 19.1. The van der Waals surface area contributed by atoms with Crippen molar-refractivity contribution < 1.29 is 18.7 Å². The minimum absolute atomic E-state index is 0.0182. The van der Waals surface area contributed by atoms with Crippen molar-refractivity contribution >= 4 is 16.9 Å². The Kier molecular flexibility index (Phi) is 6.00. The van der Waals surface area contributed by atoms with E-state index in [-0.39, 0.29) is 24.0 Å². The van der Waals surface area contributed by atoms with Gasteiger partial charge in [0.25, 0.3) is 0 Å². The van der Waals surface area contributed by atoms with Crippen molar-refractivity contribution in [1.29, 1.82) is 0 Å². The standard InChI is InChI=1S/C25H33NO5/c1-15-18(13-21(27)26-16-9-7-5-6-8-10-16)24(28)30-23-17-11-12-25(2,3)31-19(17)14-20(29-4)22(15)23/h14,16H,5-13H2,1-4H3,(H,26,27). The third kappa shape index (κ3) is 4.43. The predicted octanol–water partition coefficient (Wildman–Crippen LogP) is 4.60. The number of methoxy groups -OCH3 is 1. The number of fused-ring (bicyclic) bond motifs is 3. The third-order valence-electron chi connectivity index (χ3n) is 6.72. The van der Waals surface area contributed by atoms with Crippen molar-refractivity contribution in [2.24, 2.45) is 0 Å². The Morgan fingerprint density at radius 2 is 1.94 bits per heavy atom. The summed E-state index contributed by atoms with van der Waals surface area (Å²) >= 11 is 0. The monoisotopic (exact) mass is 427 g/mol. The first-order chi connectivity index (χ1) is 14.8. The van der Waals surface area contributed by atoms with Crippen LogP contribution in [0.3, 0.4) is 0 Å². The lowest BCUT2D eigenvalue weighted by molar-refractivity contribution is -0.121. The fourth-order valence-electron chi connectivity index (χ4n) is 4.91. The Morgan fingerprint density at radius 1 is 1.23 bits per heavy atom. The van der Waals surface area contributed by atoms with Crippen molar-refractivity contribution in [3.63, 3.8) is 0 Å². The van der Waals surface area contributed by atoms with Crippen molar-refractivity contribution in [2.75, 3.05) is 7.11 Å². The summed E-state index contributed by atoms with van der Waals surface area (Å²) in [6.45, 7) is 5.96. The smallest absolute Gasteiger partial charge is 0.340 e. The maximum Gasteiger partial charge on any atom is 0.340 e. The zero-order chi connectivity index (χ0) is 22.2. The molecule has 0 unspecified atom stereocenters. The average molecular weight is 428 g/mol. The van der Waals surface area contributed by atoms with Crippen LogP contribution < -0.4 is 20.4 Å². The predicted molar refractivity (Wildman–Crippen MR) is 120 cm³/mol. The molecule has 31 heavy (non-hydrogen) atoms. The second-order valence-electron chi connectivity index (χ2n) is 9.55. The molecule has 1 aromatic carbocycles. The molecule has 2 aromatic rings. The van der Waals surface area contributed by atoms with Gasteiger partial charge in [-0.2, -0.15) is 0 Å². The van der Waals surface area contributed by atoms with E-state index < -0.39 is 5.63 Å². The van der Waals surface area contributed by atoms with Crippen molar-refractivity contribution in [1.82, 2.24) is 5.32 Å². The number of hydrogen-bond donors (Lipinski definition) is 1. The number of carbonyl (C=O) groups excluding carboxylic acids is 1. The molecule has 1 aliphatic carbocycles. The summed E-state index contributed by atoms with van der Waals surface area (Å²) in [6.07, 6.45) is 8.36. The molecule has 2 aliphatic rings. The molecule has 1 N–H and O–H groups in total. The molecule has 2 heterocycles. The van der Waals surface area contributed by atoms with E-state index in [1.54, 1.807) is 7.11 Å². The van der Waals surface area contributed by atoms with Gasteiger partial charge in [0.15, 0.2) is 0 Å². The quantitative estimate of drug-likeness (QED) is 0.570. The van der Waals surface area contributed by atoms with Crippen LogP contribution in [0.25, 0.3) is 11.0 Å². The molecule has 0 radical (unpaired) electrons. The third-order valence-corrected chi connectivity index (χ3v) is 6.72. The normalized spacial score (nSPS) is 18.7. The number of nitrogens with one attached hydrogen (secondary N) is 1. The lowest BCUT2D eigenvalue weighted by Crippen LogP contribution is -2.36. The van der Waals surface area contributed by atoms with E-state index in [4.69, 9.17) is 13.9 Å². The highest BCUT2D eigenvalue weighted by Gasteiger charge is 2.31. The molecule has 0 atom stereocenters. The molecule has 168 valence electrons. The highest BCUT2D eigenvalue weighted by Crippen LogP contribution is 2.43. The summed E-state index contributed by atoms with van der Waals surface area (Å²) in [5, 5.41) is 3.88. The summed E-state index contributed by atoms with van der Waals surface area (Å²) in [7, 11) is 1.60. The van der Waals surface area contributed by atoms with Gasteiger partial charge in [-0.05, 0) is 52.0 Å². The number of aryl methyl sites for hydroxylation is 2. The average Bonchev–Trinajstić information content (AvgIpc) is 2.98. The molecule has 6 heteroatoms. The summed E-state index contributed by atoms with van der Waals surface area (Å²) < 4.78 is 17.6. The van der Waals surface area contributed by atoms with Gasteiger partial charge in [0.2, 0.25) is 5.91 Å². The zero-order valence-electron chi connectivity index (χ0n) is 19.1. The van der Waals surface area contributed by atoms with Crippen LogP contribution in [0.5, 0.6) is 11.5 Å². The molecular weight excluding hydrogens is 394 g/mol. The number of carbonyl (C=O) groups is 1. The molecule has 1 amide bonds.